The van der Waals surface area contributed by atoms with Crippen LogP contribution in [0.1, 0.15) is 28.5 Å². The highest BCUT2D eigenvalue weighted by Gasteiger charge is 2.34. The fraction of sp³-hybridized carbons (Fsp3) is 0.250. The lowest BCUT2D eigenvalue weighted by Gasteiger charge is -2.19. The number of benzene rings is 2. The summed E-state index contributed by atoms with van der Waals surface area (Å²) in [5, 5.41) is 2.45. The number of ether oxygens (including phenoxy) is 3. The standard InChI is InChI=1S/C24H25N3O5/c1-14-21(20(13-31-23(25)28)32-24(29)26-2)19-12-16-6-4-5-7-18(16)27(19)22(14)15-8-10-17(30-3)11-9-15/h4-11,20H,12-13H2,1-3H3,(H2,25,28)(H,26,29). The molecule has 1 aliphatic heterocycles. The molecule has 2 aromatic carbocycles. The molecule has 4 rings (SSSR count). The van der Waals surface area contributed by atoms with Crippen molar-refractivity contribution in [2.45, 2.75) is 19.4 Å². The monoisotopic (exact) mass is 435 g/mol. The quantitative estimate of drug-likeness (QED) is 0.479. The van der Waals surface area contributed by atoms with E-state index in [-0.39, 0.29) is 6.61 Å². The SMILES string of the molecule is CNC(=O)OC(COC(N)=O)c1c(C)c(-c2ccc(OC)cc2)n2c1Cc1ccccc1-2. The predicted octanol–water partition coefficient (Wildman–Crippen LogP) is 3.86. The number of carbonyl (C=O) groups is 2. The highest BCUT2D eigenvalue weighted by atomic mass is 16.6. The first-order valence-corrected chi connectivity index (χ1v) is 10.2. The van der Waals surface area contributed by atoms with Crippen molar-refractivity contribution in [1.82, 2.24) is 9.88 Å². The summed E-state index contributed by atoms with van der Waals surface area (Å²) in [6.07, 6.45) is -1.70. The van der Waals surface area contributed by atoms with Crippen LogP contribution in [0.5, 0.6) is 5.75 Å². The second kappa shape index (κ2) is 8.66. The molecule has 0 spiro atoms. The fourth-order valence-electron chi connectivity index (χ4n) is 4.31. The first kappa shape index (κ1) is 21.3. The summed E-state index contributed by atoms with van der Waals surface area (Å²) in [5.74, 6) is 0.760. The maximum absolute atomic E-state index is 12.1. The highest BCUT2D eigenvalue weighted by molar-refractivity contribution is 5.75. The van der Waals surface area contributed by atoms with E-state index in [1.54, 1.807) is 7.11 Å². The molecule has 8 nitrogen and oxygen atoms in total. The van der Waals surface area contributed by atoms with Crippen molar-refractivity contribution >= 4 is 12.2 Å². The van der Waals surface area contributed by atoms with Crippen molar-refractivity contribution in [2.24, 2.45) is 5.73 Å². The maximum atomic E-state index is 12.1. The third-order valence-electron chi connectivity index (χ3n) is 5.67. The van der Waals surface area contributed by atoms with Crippen LogP contribution in [0.2, 0.25) is 0 Å². The number of aromatic nitrogens is 1. The number of amides is 2. The predicted molar refractivity (Wildman–Crippen MR) is 119 cm³/mol. The van der Waals surface area contributed by atoms with Gasteiger partial charge < -0.3 is 29.8 Å². The summed E-state index contributed by atoms with van der Waals surface area (Å²) >= 11 is 0. The zero-order chi connectivity index (χ0) is 22.8. The van der Waals surface area contributed by atoms with Crippen molar-refractivity contribution in [2.75, 3.05) is 20.8 Å². The Balaban J connectivity index is 1.90. The van der Waals surface area contributed by atoms with Crippen LogP contribution in [0.4, 0.5) is 9.59 Å². The van der Waals surface area contributed by atoms with Crippen LogP contribution >= 0.6 is 0 Å². The van der Waals surface area contributed by atoms with Crippen LogP contribution in [0.25, 0.3) is 16.9 Å². The number of alkyl carbamates (subject to hydrolysis) is 1. The minimum atomic E-state index is -0.928. The molecule has 1 aromatic heterocycles. The van der Waals surface area contributed by atoms with Gasteiger partial charge in [0.15, 0.2) is 6.10 Å². The van der Waals surface area contributed by atoms with Crippen LogP contribution in [0.15, 0.2) is 48.5 Å². The molecular formula is C24H25N3O5. The fourth-order valence-corrected chi connectivity index (χ4v) is 4.31. The summed E-state index contributed by atoms with van der Waals surface area (Å²) in [4.78, 5) is 23.4. The lowest BCUT2D eigenvalue weighted by molar-refractivity contribution is 0.0467. The van der Waals surface area contributed by atoms with Gasteiger partial charge in [-0.05, 0) is 53.9 Å². The minimum absolute atomic E-state index is 0.182. The van der Waals surface area contributed by atoms with E-state index in [9.17, 15) is 9.59 Å². The molecule has 0 saturated heterocycles. The zero-order valence-electron chi connectivity index (χ0n) is 18.2. The number of hydrogen-bond donors (Lipinski definition) is 2. The van der Waals surface area contributed by atoms with Gasteiger partial charge in [0, 0.05) is 30.4 Å². The normalized spacial score (nSPS) is 12.5. The van der Waals surface area contributed by atoms with Gasteiger partial charge in [0.1, 0.15) is 12.4 Å². The number of nitrogens with zero attached hydrogens (tertiary/aromatic N) is 1. The van der Waals surface area contributed by atoms with Crippen molar-refractivity contribution in [3.63, 3.8) is 0 Å². The molecule has 8 heteroatoms. The van der Waals surface area contributed by atoms with Gasteiger partial charge in [-0.3, -0.25) is 0 Å². The molecule has 32 heavy (non-hydrogen) atoms. The van der Waals surface area contributed by atoms with Crippen molar-refractivity contribution in [3.8, 4) is 22.7 Å². The summed E-state index contributed by atoms with van der Waals surface area (Å²) in [6.45, 7) is 1.80. The van der Waals surface area contributed by atoms with Gasteiger partial charge in [-0.25, -0.2) is 9.59 Å². The van der Waals surface area contributed by atoms with Gasteiger partial charge in [-0.1, -0.05) is 18.2 Å². The molecule has 2 heterocycles. The molecule has 2 amide bonds. The summed E-state index contributed by atoms with van der Waals surface area (Å²) < 4.78 is 18.2. The summed E-state index contributed by atoms with van der Waals surface area (Å²) in [5.41, 5.74) is 12.1. The topological polar surface area (TPSA) is 105 Å². The molecular weight excluding hydrogens is 410 g/mol. The lowest BCUT2D eigenvalue weighted by Crippen LogP contribution is -2.27. The Morgan fingerprint density at radius 3 is 2.53 bits per heavy atom. The lowest BCUT2D eigenvalue weighted by atomic mass is 9.98. The van der Waals surface area contributed by atoms with Crippen LogP contribution in [-0.4, -0.2) is 37.5 Å². The molecule has 0 saturated carbocycles. The Bertz CT molecular complexity index is 1170. The number of para-hydroxylation sites is 1. The molecule has 0 aliphatic carbocycles. The van der Waals surface area contributed by atoms with E-state index in [2.05, 4.69) is 22.0 Å². The Morgan fingerprint density at radius 1 is 1.16 bits per heavy atom. The van der Waals surface area contributed by atoms with Gasteiger partial charge in [0.05, 0.1) is 12.8 Å². The first-order valence-electron chi connectivity index (χ1n) is 10.2. The van der Waals surface area contributed by atoms with E-state index in [0.717, 1.165) is 45.1 Å². The zero-order valence-corrected chi connectivity index (χ0v) is 18.2. The second-order valence-corrected chi connectivity index (χ2v) is 7.48. The van der Waals surface area contributed by atoms with Crippen molar-refractivity contribution in [3.05, 3.63) is 70.9 Å². The molecule has 0 fully saturated rings. The summed E-state index contributed by atoms with van der Waals surface area (Å²) in [6, 6.07) is 15.9. The van der Waals surface area contributed by atoms with Crippen molar-refractivity contribution in [1.29, 1.82) is 0 Å². The summed E-state index contributed by atoms with van der Waals surface area (Å²) in [7, 11) is 3.10. The molecule has 166 valence electrons. The van der Waals surface area contributed by atoms with Gasteiger partial charge in [0.2, 0.25) is 0 Å². The van der Waals surface area contributed by atoms with E-state index in [4.69, 9.17) is 19.9 Å². The average Bonchev–Trinajstić information content (AvgIpc) is 3.29. The number of hydrogen-bond acceptors (Lipinski definition) is 5. The van der Waals surface area contributed by atoms with Gasteiger partial charge >= 0.3 is 12.2 Å². The Hall–Kier alpha value is -3.94. The third-order valence-corrected chi connectivity index (χ3v) is 5.67. The van der Waals surface area contributed by atoms with E-state index in [0.29, 0.717) is 6.42 Å². The van der Waals surface area contributed by atoms with Crippen LogP contribution in [0.3, 0.4) is 0 Å². The smallest absolute Gasteiger partial charge is 0.407 e. The number of methoxy groups -OCH3 is 1. The van der Waals surface area contributed by atoms with Gasteiger partial charge in [-0.2, -0.15) is 0 Å². The van der Waals surface area contributed by atoms with Crippen LogP contribution in [0, 0.1) is 6.92 Å². The molecule has 0 radical (unpaired) electrons. The number of nitrogens with one attached hydrogen (secondary N) is 1. The number of rotatable bonds is 6. The van der Waals surface area contributed by atoms with E-state index < -0.39 is 18.3 Å². The van der Waals surface area contributed by atoms with E-state index >= 15 is 0 Å². The number of carbonyl (C=O) groups excluding carboxylic acids is 2. The van der Waals surface area contributed by atoms with E-state index in [1.807, 2.05) is 43.3 Å². The number of nitrogens with two attached hydrogens (primary N) is 1. The molecule has 1 aliphatic rings. The van der Waals surface area contributed by atoms with Crippen LogP contribution in [-0.2, 0) is 15.9 Å². The maximum Gasteiger partial charge on any atom is 0.407 e. The number of fused-ring (bicyclic) bond motifs is 3. The molecule has 3 aromatic rings. The molecule has 1 atom stereocenters. The number of primary amides is 1. The van der Waals surface area contributed by atoms with Gasteiger partial charge in [-0.15, -0.1) is 0 Å². The Labute approximate surface area is 185 Å². The van der Waals surface area contributed by atoms with Crippen LogP contribution < -0.4 is 15.8 Å². The molecule has 1 unspecified atom stereocenters. The minimum Gasteiger partial charge on any atom is -0.497 e. The Kier molecular flexibility index (Phi) is 5.77. The van der Waals surface area contributed by atoms with Gasteiger partial charge in [0.25, 0.3) is 0 Å². The van der Waals surface area contributed by atoms with Crippen molar-refractivity contribution < 1.29 is 23.8 Å². The Morgan fingerprint density at radius 2 is 1.88 bits per heavy atom. The first-order chi connectivity index (χ1) is 15.4. The molecule has 3 N–H and O–H groups in total. The largest absolute Gasteiger partial charge is 0.497 e. The second-order valence-electron chi connectivity index (χ2n) is 7.48. The van der Waals surface area contributed by atoms with E-state index in [1.165, 1.54) is 7.05 Å². The third kappa shape index (κ3) is 3.75. The molecule has 0 bridgehead atoms. The highest BCUT2D eigenvalue weighted by Crippen LogP contribution is 2.43. The average molecular weight is 435 g/mol.